The van der Waals surface area contributed by atoms with Crippen LogP contribution in [0.2, 0.25) is 0 Å². The van der Waals surface area contributed by atoms with Gasteiger partial charge in [0.1, 0.15) is 5.75 Å². The normalized spacial score (nSPS) is 12.8. The highest BCUT2D eigenvalue weighted by Gasteiger charge is 2.13. The van der Waals surface area contributed by atoms with Crippen molar-refractivity contribution in [3.05, 3.63) is 29.8 Å². The van der Waals surface area contributed by atoms with Gasteiger partial charge in [0, 0.05) is 11.3 Å². The standard InChI is InChI=1S/C14H22O2S/c1-4-16-14-8-6-5-7-12(14)13(15)10-17-9-11(2)3/h5-8,11,13,15H,4,9-10H2,1-3H3. The van der Waals surface area contributed by atoms with Gasteiger partial charge in [-0.05, 0) is 24.7 Å². The lowest BCUT2D eigenvalue weighted by Gasteiger charge is -2.15. The number of aliphatic hydroxyl groups is 1. The number of aliphatic hydroxyl groups excluding tert-OH is 1. The average Bonchev–Trinajstić information content (AvgIpc) is 2.29. The van der Waals surface area contributed by atoms with Crippen molar-refractivity contribution >= 4 is 11.8 Å². The number of para-hydroxylation sites is 1. The van der Waals surface area contributed by atoms with Crippen molar-refractivity contribution in [1.29, 1.82) is 0 Å². The lowest BCUT2D eigenvalue weighted by molar-refractivity contribution is 0.196. The van der Waals surface area contributed by atoms with E-state index in [0.29, 0.717) is 12.5 Å². The van der Waals surface area contributed by atoms with Crippen molar-refractivity contribution in [2.75, 3.05) is 18.1 Å². The number of benzene rings is 1. The molecule has 96 valence electrons. The maximum Gasteiger partial charge on any atom is 0.125 e. The minimum absolute atomic E-state index is 0.443. The molecule has 1 unspecified atom stereocenters. The van der Waals surface area contributed by atoms with Crippen LogP contribution in [0.5, 0.6) is 5.75 Å². The maximum atomic E-state index is 10.1. The van der Waals surface area contributed by atoms with Gasteiger partial charge in [0.15, 0.2) is 0 Å². The van der Waals surface area contributed by atoms with Gasteiger partial charge in [0.25, 0.3) is 0 Å². The molecule has 0 saturated heterocycles. The summed E-state index contributed by atoms with van der Waals surface area (Å²) < 4.78 is 5.52. The number of hydrogen-bond acceptors (Lipinski definition) is 3. The van der Waals surface area contributed by atoms with Crippen molar-refractivity contribution in [3.63, 3.8) is 0 Å². The van der Waals surface area contributed by atoms with E-state index in [1.165, 1.54) is 0 Å². The Morgan fingerprint density at radius 1 is 1.24 bits per heavy atom. The molecule has 0 bridgehead atoms. The molecule has 0 saturated carbocycles. The fraction of sp³-hybridized carbons (Fsp3) is 0.571. The molecule has 0 spiro atoms. The van der Waals surface area contributed by atoms with Gasteiger partial charge < -0.3 is 9.84 Å². The van der Waals surface area contributed by atoms with Gasteiger partial charge >= 0.3 is 0 Å². The lowest BCUT2D eigenvalue weighted by atomic mass is 10.1. The average molecular weight is 254 g/mol. The zero-order valence-electron chi connectivity index (χ0n) is 10.8. The SMILES string of the molecule is CCOc1ccccc1C(O)CSCC(C)C. The molecule has 0 aliphatic heterocycles. The molecule has 0 radical (unpaired) electrons. The predicted molar refractivity (Wildman–Crippen MR) is 74.7 cm³/mol. The van der Waals surface area contributed by atoms with Crippen LogP contribution in [0.25, 0.3) is 0 Å². The fourth-order valence-corrected chi connectivity index (χ4v) is 2.56. The number of rotatable bonds is 7. The Morgan fingerprint density at radius 2 is 1.94 bits per heavy atom. The first-order valence-electron chi connectivity index (χ1n) is 6.12. The van der Waals surface area contributed by atoms with Crippen LogP contribution >= 0.6 is 11.8 Å². The van der Waals surface area contributed by atoms with Crippen LogP contribution < -0.4 is 4.74 Å². The minimum Gasteiger partial charge on any atom is -0.493 e. The summed E-state index contributed by atoms with van der Waals surface area (Å²) in [5.74, 6) is 3.26. The van der Waals surface area contributed by atoms with Gasteiger partial charge in [0.05, 0.1) is 12.7 Å². The van der Waals surface area contributed by atoms with Crippen molar-refractivity contribution in [2.24, 2.45) is 5.92 Å². The van der Waals surface area contributed by atoms with Gasteiger partial charge in [0.2, 0.25) is 0 Å². The van der Waals surface area contributed by atoms with Crippen molar-refractivity contribution < 1.29 is 9.84 Å². The van der Waals surface area contributed by atoms with E-state index >= 15 is 0 Å². The molecule has 0 aliphatic rings. The third-order valence-corrected chi connectivity index (χ3v) is 3.76. The van der Waals surface area contributed by atoms with Crippen LogP contribution in [-0.4, -0.2) is 23.2 Å². The molecular weight excluding hydrogens is 232 g/mol. The van der Waals surface area contributed by atoms with Crippen molar-refractivity contribution in [3.8, 4) is 5.75 Å². The quantitative estimate of drug-likeness (QED) is 0.807. The Labute approximate surface area is 108 Å². The zero-order chi connectivity index (χ0) is 12.7. The molecule has 0 fully saturated rings. The molecule has 1 N–H and O–H groups in total. The van der Waals surface area contributed by atoms with E-state index in [-0.39, 0.29) is 0 Å². The second-order valence-corrected chi connectivity index (χ2v) is 5.49. The van der Waals surface area contributed by atoms with Gasteiger partial charge in [-0.15, -0.1) is 0 Å². The van der Waals surface area contributed by atoms with Gasteiger partial charge in [-0.25, -0.2) is 0 Å². The Balaban J connectivity index is 2.58. The summed E-state index contributed by atoms with van der Waals surface area (Å²) in [5, 5.41) is 10.1. The third kappa shape index (κ3) is 5.00. The number of thioether (sulfide) groups is 1. The summed E-state index contributed by atoms with van der Waals surface area (Å²) in [4.78, 5) is 0. The van der Waals surface area contributed by atoms with Crippen molar-refractivity contribution in [1.82, 2.24) is 0 Å². The molecule has 0 aromatic heterocycles. The number of ether oxygens (including phenoxy) is 1. The van der Waals surface area contributed by atoms with Crippen LogP contribution in [0.3, 0.4) is 0 Å². The molecule has 1 aromatic rings. The maximum absolute atomic E-state index is 10.1. The van der Waals surface area contributed by atoms with E-state index in [9.17, 15) is 5.11 Å². The summed E-state index contributed by atoms with van der Waals surface area (Å²) in [6.07, 6.45) is -0.443. The van der Waals surface area contributed by atoms with Crippen molar-refractivity contribution in [2.45, 2.75) is 26.9 Å². The van der Waals surface area contributed by atoms with Gasteiger partial charge in [-0.2, -0.15) is 11.8 Å². The highest BCUT2D eigenvalue weighted by atomic mass is 32.2. The molecular formula is C14H22O2S. The fourth-order valence-electron chi connectivity index (χ4n) is 1.55. The zero-order valence-corrected chi connectivity index (χ0v) is 11.7. The molecule has 1 rings (SSSR count). The monoisotopic (exact) mass is 254 g/mol. The topological polar surface area (TPSA) is 29.5 Å². The highest BCUT2D eigenvalue weighted by Crippen LogP contribution is 2.27. The summed E-state index contributed by atoms with van der Waals surface area (Å²) >= 11 is 1.79. The van der Waals surface area contributed by atoms with E-state index in [2.05, 4.69) is 13.8 Å². The predicted octanol–water partition coefficient (Wildman–Crippen LogP) is 3.51. The lowest BCUT2D eigenvalue weighted by Crippen LogP contribution is -2.06. The summed E-state index contributed by atoms with van der Waals surface area (Å²) in [7, 11) is 0. The van der Waals surface area contributed by atoms with Crippen LogP contribution in [0, 0.1) is 5.92 Å². The Kier molecular flexibility index (Phi) is 6.45. The molecule has 2 nitrogen and oxygen atoms in total. The van der Waals surface area contributed by atoms with E-state index in [4.69, 9.17) is 4.74 Å². The smallest absolute Gasteiger partial charge is 0.125 e. The summed E-state index contributed by atoms with van der Waals surface area (Å²) in [6, 6.07) is 7.72. The second-order valence-electron chi connectivity index (χ2n) is 4.42. The second kappa shape index (κ2) is 7.62. The van der Waals surface area contributed by atoms with E-state index < -0.39 is 6.10 Å². The van der Waals surface area contributed by atoms with Crippen LogP contribution in [0.4, 0.5) is 0 Å². The minimum atomic E-state index is -0.443. The molecule has 1 atom stereocenters. The van der Waals surface area contributed by atoms with E-state index in [1.807, 2.05) is 31.2 Å². The molecule has 0 amide bonds. The van der Waals surface area contributed by atoms with E-state index in [1.54, 1.807) is 11.8 Å². The van der Waals surface area contributed by atoms with Gasteiger partial charge in [-0.1, -0.05) is 32.0 Å². The summed E-state index contributed by atoms with van der Waals surface area (Å²) in [6.45, 7) is 6.96. The van der Waals surface area contributed by atoms with Gasteiger partial charge in [-0.3, -0.25) is 0 Å². The van der Waals surface area contributed by atoms with Crippen LogP contribution in [0.1, 0.15) is 32.4 Å². The Morgan fingerprint density at radius 3 is 2.59 bits per heavy atom. The Bertz CT molecular complexity index is 326. The molecule has 0 aliphatic carbocycles. The third-order valence-electron chi connectivity index (χ3n) is 2.30. The first kappa shape index (κ1) is 14.4. The molecule has 0 heterocycles. The first-order valence-corrected chi connectivity index (χ1v) is 7.28. The number of hydrogen-bond donors (Lipinski definition) is 1. The Hall–Kier alpha value is -0.670. The highest BCUT2D eigenvalue weighted by molar-refractivity contribution is 7.99. The largest absolute Gasteiger partial charge is 0.493 e. The van der Waals surface area contributed by atoms with E-state index in [0.717, 1.165) is 22.8 Å². The van der Waals surface area contributed by atoms with Crippen LogP contribution in [0.15, 0.2) is 24.3 Å². The molecule has 17 heavy (non-hydrogen) atoms. The first-order chi connectivity index (χ1) is 8.15. The van der Waals surface area contributed by atoms with Crippen LogP contribution in [-0.2, 0) is 0 Å². The summed E-state index contributed by atoms with van der Waals surface area (Å²) in [5.41, 5.74) is 0.894. The molecule has 3 heteroatoms. The molecule has 1 aromatic carbocycles.